The van der Waals surface area contributed by atoms with E-state index in [1.54, 1.807) is 16.4 Å². The summed E-state index contributed by atoms with van der Waals surface area (Å²) in [6.07, 6.45) is 3.13. The summed E-state index contributed by atoms with van der Waals surface area (Å²) in [7, 11) is -3.84. The van der Waals surface area contributed by atoms with Crippen LogP contribution in [0.2, 0.25) is 0 Å². The first-order chi connectivity index (χ1) is 17.9. The van der Waals surface area contributed by atoms with Gasteiger partial charge in [-0.3, -0.25) is 4.79 Å². The quantitative estimate of drug-likeness (QED) is 0.449. The number of carbonyl (C=O) groups excluding carboxylic acids is 1. The Morgan fingerprint density at radius 1 is 0.821 bits per heavy atom. The van der Waals surface area contributed by atoms with Gasteiger partial charge in [0.25, 0.3) is 0 Å². The van der Waals surface area contributed by atoms with Gasteiger partial charge in [-0.1, -0.05) is 30.3 Å². The second-order valence-corrected chi connectivity index (χ2v) is 16.3. The highest BCUT2D eigenvalue weighted by Gasteiger charge is 2.44. The van der Waals surface area contributed by atoms with Crippen molar-refractivity contribution < 1.29 is 13.2 Å². The Kier molecular flexibility index (Phi) is 8.02. The van der Waals surface area contributed by atoms with Gasteiger partial charge in [0.15, 0.2) is 0 Å². The Balaban J connectivity index is 1.59. The van der Waals surface area contributed by atoms with E-state index in [4.69, 9.17) is 0 Å². The first-order valence-electron chi connectivity index (χ1n) is 14.3. The van der Waals surface area contributed by atoms with Crippen molar-refractivity contribution in [1.29, 1.82) is 0 Å². The largest absolute Gasteiger partial charge is 0.353 e. The normalized spacial score (nSPS) is 23.1. The Labute approximate surface area is 235 Å². The molecule has 0 radical (unpaired) electrons. The molecule has 2 aliphatic heterocycles. The molecule has 216 valence electrons. The van der Waals surface area contributed by atoms with E-state index in [0.717, 1.165) is 23.6 Å². The van der Waals surface area contributed by atoms with E-state index in [2.05, 4.69) is 71.3 Å². The molecule has 0 bridgehead atoms. The molecule has 4 rings (SSSR count). The van der Waals surface area contributed by atoms with Crippen LogP contribution < -0.4 is 16.0 Å². The predicted molar refractivity (Wildman–Crippen MR) is 159 cm³/mol. The second kappa shape index (κ2) is 10.4. The summed E-state index contributed by atoms with van der Waals surface area (Å²) >= 11 is 0. The molecule has 0 spiro atoms. The number of piperidine rings is 2. The fourth-order valence-electron chi connectivity index (χ4n) is 7.37. The third-order valence-corrected chi connectivity index (χ3v) is 9.97. The molecular formula is C31H48N4O3S. The molecule has 7 nitrogen and oxygen atoms in total. The minimum absolute atomic E-state index is 0.0473. The maximum atomic E-state index is 14.2. The first-order valence-corrected chi connectivity index (χ1v) is 15.7. The van der Waals surface area contributed by atoms with Gasteiger partial charge < -0.3 is 16.0 Å². The highest BCUT2D eigenvalue weighted by Crippen LogP contribution is 2.35. The van der Waals surface area contributed by atoms with Crippen LogP contribution in [-0.2, 0) is 14.8 Å². The van der Waals surface area contributed by atoms with Crippen LogP contribution in [0.1, 0.15) is 87.5 Å². The molecular weight excluding hydrogens is 508 g/mol. The Bertz CT molecular complexity index is 1280. The number of hydrogen-bond acceptors (Lipinski definition) is 5. The number of fused-ring (bicyclic) bond motifs is 1. The van der Waals surface area contributed by atoms with Crippen LogP contribution in [0.25, 0.3) is 10.8 Å². The van der Waals surface area contributed by atoms with Crippen LogP contribution >= 0.6 is 0 Å². The van der Waals surface area contributed by atoms with Crippen LogP contribution in [0.15, 0.2) is 47.4 Å². The lowest BCUT2D eigenvalue weighted by atomic mass is 9.79. The van der Waals surface area contributed by atoms with Gasteiger partial charge in [-0.15, -0.1) is 0 Å². The second-order valence-electron chi connectivity index (χ2n) is 14.4. The maximum Gasteiger partial charge on any atom is 0.243 e. The van der Waals surface area contributed by atoms with E-state index in [0.29, 0.717) is 12.8 Å². The molecule has 2 fully saturated rings. The van der Waals surface area contributed by atoms with Gasteiger partial charge in [-0.2, -0.15) is 4.31 Å². The SMILES string of the molecule is CC1(C)CC(NC(=O)CCN(C2CC(C)(C)NC(C)(C)C2)S(=O)(=O)c2ccc3ccccc3c2)CC(C)(C)N1. The third-order valence-electron chi connectivity index (χ3n) is 8.02. The molecule has 0 unspecified atom stereocenters. The monoisotopic (exact) mass is 556 g/mol. The molecule has 0 saturated carbocycles. The molecule has 0 aromatic heterocycles. The van der Waals surface area contributed by atoms with E-state index < -0.39 is 10.0 Å². The molecule has 8 heteroatoms. The average Bonchev–Trinajstić information content (AvgIpc) is 2.74. The molecule has 2 heterocycles. The molecule has 0 aliphatic carbocycles. The molecule has 1 amide bonds. The number of nitrogens with one attached hydrogen (secondary N) is 3. The molecule has 2 aromatic carbocycles. The molecule has 2 saturated heterocycles. The number of amides is 1. The average molecular weight is 557 g/mol. The van der Waals surface area contributed by atoms with Crippen molar-refractivity contribution >= 4 is 26.7 Å². The number of hydrogen-bond donors (Lipinski definition) is 3. The van der Waals surface area contributed by atoms with Crippen LogP contribution in [-0.4, -0.2) is 59.4 Å². The summed E-state index contributed by atoms with van der Waals surface area (Å²) in [5, 5.41) is 12.4. The van der Waals surface area contributed by atoms with Gasteiger partial charge in [0.2, 0.25) is 15.9 Å². The smallest absolute Gasteiger partial charge is 0.243 e. The summed E-state index contributed by atoms with van der Waals surface area (Å²) in [6, 6.07) is 12.9. The molecule has 0 atom stereocenters. The van der Waals surface area contributed by atoms with Gasteiger partial charge in [-0.25, -0.2) is 8.42 Å². The van der Waals surface area contributed by atoms with Crippen molar-refractivity contribution in [3.63, 3.8) is 0 Å². The minimum Gasteiger partial charge on any atom is -0.353 e. The van der Waals surface area contributed by atoms with Crippen LogP contribution in [0.3, 0.4) is 0 Å². The number of benzene rings is 2. The van der Waals surface area contributed by atoms with E-state index in [-0.39, 0.29) is 58.0 Å². The van der Waals surface area contributed by atoms with Gasteiger partial charge >= 0.3 is 0 Å². The zero-order valence-electron chi connectivity index (χ0n) is 25.0. The van der Waals surface area contributed by atoms with Crippen molar-refractivity contribution in [3.05, 3.63) is 42.5 Å². The Morgan fingerprint density at radius 2 is 1.33 bits per heavy atom. The van der Waals surface area contributed by atoms with Crippen molar-refractivity contribution in [2.45, 2.75) is 127 Å². The standard InChI is InChI=1S/C31H48N4O3S/c1-28(2)18-24(19-29(3,4)33-28)32-27(36)15-16-35(25-20-30(5,6)34-31(7,8)21-25)39(37,38)26-14-13-22-11-9-10-12-23(22)17-26/h9-14,17,24-25,33-34H,15-16,18-21H2,1-8H3,(H,32,36). The number of sulfonamides is 1. The first kappa shape index (κ1) is 30.0. The summed E-state index contributed by atoms with van der Waals surface area (Å²) in [5.41, 5.74) is -0.648. The zero-order chi connectivity index (χ0) is 28.9. The molecule has 2 aliphatic rings. The van der Waals surface area contributed by atoms with Crippen molar-refractivity contribution in [1.82, 2.24) is 20.3 Å². The number of carbonyl (C=O) groups is 1. The highest BCUT2D eigenvalue weighted by molar-refractivity contribution is 7.89. The summed E-state index contributed by atoms with van der Waals surface area (Å²) in [6.45, 7) is 17.3. The van der Waals surface area contributed by atoms with E-state index in [1.807, 2.05) is 30.3 Å². The topological polar surface area (TPSA) is 90.5 Å². The lowest BCUT2D eigenvalue weighted by molar-refractivity contribution is -0.122. The molecule has 39 heavy (non-hydrogen) atoms. The number of nitrogens with zero attached hydrogens (tertiary/aromatic N) is 1. The van der Waals surface area contributed by atoms with Crippen molar-refractivity contribution in [2.24, 2.45) is 0 Å². The molecule has 3 N–H and O–H groups in total. The van der Waals surface area contributed by atoms with Gasteiger partial charge in [-0.05, 0) is 104 Å². The van der Waals surface area contributed by atoms with E-state index in [9.17, 15) is 13.2 Å². The maximum absolute atomic E-state index is 14.2. The Hall–Kier alpha value is -2.00. The Morgan fingerprint density at radius 3 is 1.90 bits per heavy atom. The predicted octanol–water partition coefficient (Wildman–Crippen LogP) is 4.96. The third kappa shape index (κ3) is 7.40. The fraction of sp³-hybridized carbons (Fsp3) is 0.645. The minimum atomic E-state index is -3.84. The van der Waals surface area contributed by atoms with Crippen molar-refractivity contribution in [3.8, 4) is 0 Å². The summed E-state index contributed by atoms with van der Waals surface area (Å²) in [4.78, 5) is 13.5. The lowest BCUT2D eigenvalue weighted by Crippen LogP contribution is -2.63. The van der Waals surface area contributed by atoms with Gasteiger partial charge in [0, 0.05) is 47.2 Å². The van der Waals surface area contributed by atoms with Gasteiger partial charge in [0.05, 0.1) is 4.90 Å². The van der Waals surface area contributed by atoms with Crippen LogP contribution in [0, 0.1) is 0 Å². The van der Waals surface area contributed by atoms with E-state index in [1.165, 1.54) is 0 Å². The number of rotatable bonds is 7. The lowest BCUT2D eigenvalue weighted by Gasteiger charge is -2.49. The van der Waals surface area contributed by atoms with E-state index >= 15 is 0 Å². The highest BCUT2D eigenvalue weighted by atomic mass is 32.2. The molecule has 2 aromatic rings. The van der Waals surface area contributed by atoms with Crippen LogP contribution in [0.5, 0.6) is 0 Å². The fourth-order valence-corrected chi connectivity index (χ4v) is 9.03. The van der Waals surface area contributed by atoms with Crippen molar-refractivity contribution in [2.75, 3.05) is 6.54 Å². The summed E-state index contributed by atoms with van der Waals surface area (Å²) in [5.74, 6) is -0.0975. The zero-order valence-corrected chi connectivity index (χ0v) is 25.8. The summed E-state index contributed by atoms with van der Waals surface area (Å²) < 4.78 is 30.1. The van der Waals surface area contributed by atoms with Crippen LogP contribution in [0.4, 0.5) is 0 Å². The van der Waals surface area contributed by atoms with Gasteiger partial charge in [0.1, 0.15) is 0 Å².